The Labute approximate surface area is 151 Å². The quantitative estimate of drug-likeness (QED) is 0.227. The Morgan fingerprint density at radius 1 is 0.464 bits per heavy atom. The second-order valence-electron chi connectivity index (χ2n) is 4.79. The Bertz CT molecular complexity index is 620. The summed E-state index contributed by atoms with van der Waals surface area (Å²) >= 11 is 7.05. The summed E-state index contributed by atoms with van der Waals surface area (Å²) in [7, 11) is 0. The van der Waals surface area contributed by atoms with Crippen LogP contribution in [0.2, 0.25) is 0 Å². The highest BCUT2D eigenvalue weighted by Crippen LogP contribution is 2.64. The fourth-order valence-corrected chi connectivity index (χ4v) is 1.52. The summed E-state index contributed by atoms with van der Waals surface area (Å²) in [5.41, 5.74) is 0. The third-order valence-electron chi connectivity index (χ3n) is 2.97. The Kier molecular flexibility index (Phi) is 6.36. The summed E-state index contributed by atoms with van der Waals surface area (Å²) in [6.07, 6.45) is 0. The lowest BCUT2D eigenvalue weighted by atomic mass is 9.89. The molecule has 0 aromatic rings. The first kappa shape index (κ1) is 27.1. The van der Waals surface area contributed by atoms with Crippen LogP contribution in [0.3, 0.4) is 0 Å². The van der Waals surface area contributed by atoms with E-state index >= 15 is 0 Å². The number of halogens is 18. The highest BCUT2D eigenvalue weighted by atomic mass is 35.5. The molecule has 0 aliphatic heterocycles. The molecule has 0 aromatic carbocycles. The van der Waals surface area contributed by atoms with Gasteiger partial charge in [0.05, 0.1) is 0 Å². The first-order valence-corrected chi connectivity index (χ1v) is 6.36. The number of hydrogen-bond acceptors (Lipinski definition) is 1. The van der Waals surface area contributed by atoms with Crippen molar-refractivity contribution in [3.8, 4) is 0 Å². The average Bonchev–Trinajstić information content (AvgIpc) is 2.44. The molecule has 168 valence electrons. The molecule has 0 fully saturated rings. The van der Waals surface area contributed by atoms with E-state index in [0.29, 0.717) is 0 Å². The van der Waals surface area contributed by atoms with Crippen LogP contribution in [0.5, 0.6) is 0 Å². The maximum absolute atomic E-state index is 13.1. The number of carbonyl (C=O) groups is 1. The first-order valence-electron chi connectivity index (χ1n) is 5.61. The third-order valence-corrected chi connectivity index (χ3v) is 3.44. The van der Waals surface area contributed by atoms with Gasteiger partial charge in [-0.15, -0.1) is 0 Å². The summed E-state index contributed by atoms with van der Waals surface area (Å²) in [6, 6.07) is 0. The second-order valence-corrected chi connectivity index (χ2v) is 5.61. The number of carbonyl (C=O) groups excluding carboxylic acids is 1. The van der Waals surface area contributed by atoms with E-state index in [0.717, 1.165) is 0 Å². The van der Waals surface area contributed by atoms with E-state index in [-0.39, 0.29) is 0 Å². The molecule has 0 radical (unpaired) electrons. The maximum atomic E-state index is 13.1. The largest absolute Gasteiger partial charge is 0.393 e. The molecule has 0 unspecified atom stereocenters. The van der Waals surface area contributed by atoms with Gasteiger partial charge < -0.3 is 0 Å². The fraction of sp³-hybridized carbons (Fsp3) is 0.889. The lowest BCUT2D eigenvalue weighted by molar-refractivity contribution is -0.445. The van der Waals surface area contributed by atoms with Crippen LogP contribution in [0.1, 0.15) is 0 Å². The fourth-order valence-electron chi connectivity index (χ4n) is 1.29. The van der Waals surface area contributed by atoms with Crippen LogP contribution in [0.25, 0.3) is 0 Å². The molecule has 0 heterocycles. The minimum absolute atomic E-state index is 3.32. The monoisotopic (exact) mass is 498 g/mol. The predicted octanol–water partition coefficient (Wildman–Crippen LogP) is 6.03. The van der Waals surface area contributed by atoms with E-state index in [2.05, 4.69) is 23.2 Å². The van der Waals surface area contributed by atoms with Crippen molar-refractivity contribution in [2.24, 2.45) is 0 Å². The van der Waals surface area contributed by atoms with Gasteiger partial charge in [-0.2, -0.15) is 70.2 Å². The summed E-state index contributed by atoms with van der Waals surface area (Å²) in [5.74, 6) is -56.9. The summed E-state index contributed by atoms with van der Waals surface area (Å²) in [5, 5.41) is -10.7. The van der Waals surface area contributed by atoms with E-state index in [4.69, 9.17) is 0 Å². The minimum Gasteiger partial charge on any atom is -0.274 e. The smallest absolute Gasteiger partial charge is 0.274 e. The molecule has 0 atom stereocenters. The highest BCUT2D eigenvalue weighted by molar-refractivity contribution is 6.65. The number of rotatable bonds is 8. The van der Waals surface area contributed by atoms with Crippen molar-refractivity contribution in [2.45, 2.75) is 46.8 Å². The van der Waals surface area contributed by atoms with E-state index in [1.54, 1.807) is 0 Å². The lowest BCUT2D eigenvalue weighted by Gasteiger charge is -2.42. The van der Waals surface area contributed by atoms with Gasteiger partial charge in [-0.25, -0.2) is 0 Å². The van der Waals surface area contributed by atoms with E-state index < -0.39 is 52.1 Å². The van der Waals surface area contributed by atoms with Gasteiger partial charge in [0, 0.05) is 0 Å². The molecular formula is C9Cl2F16O. The van der Waals surface area contributed by atoms with Gasteiger partial charge in [-0.3, -0.25) is 4.79 Å². The molecule has 19 heteroatoms. The molecule has 0 aliphatic rings. The van der Waals surface area contributed by atoms with Crippen LogP contribution < -0.4 is 0 Å². The summed E-state index contributed by atoms with van der Waals surface area (Å²) in [6.45, 7) is 0. The van der Waals surface area contributed by atoms with Gasteiger partial charge in [-0.05, 0) is 23.2 Å². The van der Waals surface area contributed by atoms with Crippen LogP contribution in [0.15, 0.2) is 0 Å². The van der Waals surface area contributed by atoms with E-state index in [1.807, 2.05) is 0 Å². The SMILES string of the molecule is O=C(Cl)C(F)(F)C(F)(F)C(F)(F)C(F)(F)C(F)(F)C(F)(F)C(F)(F)C(F)(F)Cl. The van der Waals surface area contributed by atoms with Crippen LogP contribution >= 0.6 is 23.2 Å². The van der Waals surface area contributed by atoms with Gasteiger partial charge in [0.1, 0.15) is 0 Å². The first-order chi connectivity index (χ1) is 11.7. The molecule has 28 heavy (non-hydrogen) atoms. The van der Waals surface area contributed by atoms with E-state index in [1.165, 1.54) is 0 Å². The summed E-state index contributed by atoms with van der Waals surface area (Å²) in [4.78, 5) is 10.0. The topological polar surface area (TPSA) is 17.1 Å². The molecule has 0 N–H and O–H groups in total. The molecule has 0 aliphatic carbocycles. The van der Waals surface area contributed by atoms with Crippen molar-refractivity contribution in [2.75, 3.05) is 0 Å². The molecular weight excluding hydrogens is 499 g/mol. The molecule has 0 saturated carbocycles. The molecule has 0 rings (SSSR count). The van der Waals surface area contributed by atoms with Crippen LogP contribution in [0, 0.1) is 0 Å². The Hall–Kier alpha value is -0.870. The molecule has 0 bridgehead atoms. The van der Waals surface area contributed by atoms with Crippen LogP contribution in [-0.4, -0.2) is 52.1 Å². The van der Waals surface area contributed by atoms with Gasteiger partial charge in [0.2, 0.25) is 0 Å². The Morgan fingerprint density at radius 3 is 0.893 bits per heavy atom. The lowest BCUT2D eigenvalue weighted by Crippen LogP contribution is -2.74. The van der Waals surface area contributed by atoms with E-state index in [9.17, 15) is 75.0 Å². The van der Waals surface area contributed by atoms with Crippen molar-refractivity contribution in [1.29, 1.82) is 0 Å². The summed E-state index contributed by atoms with van der Waals surface area (Å²) < 4.78 is 205. The zero-order valence-corrected chi connectivity index (χ0v) is 13.2. The normalized spacial score (nSPS) is 16.4. The van der Waals surface area contributed by atoms with Gasteiger partial charge in [0.15, 0.2) is 0 Å². The molecule has 0 amide bonds. The standard InChI is InChI=1S/C9Cl2F16O/c10-1(28)2(12,13)3(14,15)4(16,17)5(18,19)6(20,21)7(22,23)8(24,25)9(11,26)27. The van der Waals surface area contributed by atoms with Crippen molar-refractivity contribution in [3.63, 3.8) is 0 Å². The molecule has 0 spiro atoms. The Morgan fingerprint density at radius 2 is 0.679 bits per heavy atom. The molecule has 1 nitrogen and oxygen atoms in total. The average molecular weight is 499 g/mol. The zero-order valence-electron chi connectivity index (χ0n) is 11.7. The molecule has 0 aromatic heterocycles. The highest BCUT2D eigenvalue weighted by Gasteiger charge is 2.95. The maximum Gasteiger partial charge on any atom is 0.393 e. The number of hydrogen-bond donors (Lipinski definition) is 0. The van der Waals surface area contributed by atoms with Crippen LogP contribution in [0.4, 0.5) is 70.2 Å². The van der Waals surface area contributed by atoms with Gasteiger partial charge in [0.25, 0.3) is 5.24 Å². The second kappa shape index (κ2) is 6.57. The Balaban J connectivity index is 6.76. The zero-order chi connectivity index (χ0) is 23.6. The molecule has 0 saturated heterocycles. The van der Waals surface area contributed by atoms with Crippen molar-refractivity contribution < 1.29 is 75.0 Å². The minimum atomic E-state index is -8.60. The van der Waals surface area contributed by atoms with Crippen molar-refractivity contribution in [3.05, 3.63) is 0 Å². The van der Waals surface area contributed by atoms with Crippen molar-refractivity contribution in [1.82, 2.24) is 0 Å². The van der Waals surface area contributed by atoms with Gasteiger partial charge in [-0.1, -0.05) is 0 Å². The van der Waals surface area contributed by atoms with Crippen LogP contribution in [-0.2, 0) is 4.79 Å². The number of alkyl halides is 17. The van der Waals surface area contributed by atoms with Crippen molar-refractivity contribution >= 4 is 28.4 Å². The van der Waals surface area contributed by atoms with Gasteiger partial charge >= 0.3 is 46.8 Å². The third kappa shape index (κ3) is 3.15. The predicted molar refractivity (Wildman–Crippen MR) is 56.3 cm³/mol.